The molecule has 1 amide bonds. The smallest absolute Gasteiger partial charge is 0.220 e. The highest BCUT2D eigenvalue weighted by molar-refractivity contribution is 7.13. The van der Waals surface area contributed by atoms with E-state index >= 15 is 0 Å². The maximum absolute atomic E-state index is 13.6. The first-order chi connectivity index (χ1) is 9.70. The lowest BCUT2D eigenvalue weighted by atomic mass is 10.2. The number of amides is 1. The molecule has 0 atom stereocenters. The summed E-state index contributed by atoms with van der Waals surface area (Å²) in [5, 5.41) is 5.22. The Morgan fingerprint density at radius 3 is 3.00 bits per heavy atom. The number of halogens is 1. The third-order valence-corrected chi connectivity index (χ3v) is 3.63. The standard InChI is InChI=1S/C15H15FN2OS/c1-2-9-17-14(19)8-7-11-10-20-15(18-11)12-5-3-4-6-13(12)16/h2-6,10H,1,7-9H2,(H,17,19). The fourth-order valence-corrected chi connectivity index (χ4v) is 2.58. The van der Waals surface area contributed by atoms with Gasteiger partial charge in [0.25, 0.3) is 0 Å². The van der Waals surface area contributed by atoms with Crippen LogP contribution in [0, 0.1) is 5.82 Å². The highest BCUT2D eigenvalue weighted by Crippen LogP contribution is 2.26. The molecule has 0 saturated carbocycles. The normalized spacial score (nSPS) is 10.2. The van der Waals surface area contributed by atoms with Gasteiger partial charge in [-0.25, -0.2) is 9.37 Å². The number of nitrogens with zero attached hydrogens (tertiary/aromatic N) is 1. The Hall–Kier alpha value is -2.01. The molecule has 20 heavy (non-hydrogen) atoms. The minimum atomic E-state index is -0.280. The van der Waals surface area contributed by atoms with Gasteiger partial charge in [-0.3, -0.25) is 4.79 Å². The van der Waals surface area contributed by atoms with Gasteiger partial charge in [-0.1, -0.05) is 18.2 Å². The molecule has 1 N–H and O–H groups in total. The maximum Gasteiger partial charge on any atom is 0.220 e. The number of aromatic nitrogens is 1. The second-order valence-corrected chi connectivity index (χ2v) is 5.07. The first kappa shape index (κ1) is 14.4. The number of benzene rings is 1. The lowest BCUT2D eigenvalue weighted by Gasteiger charge is -2.00. The van der Waals surface area contributed by atoms with E-state index in [-0.39, 0.29) is 11.7 Å². The van der Waals surface area contributed by atoms with Crippen molar-refractivity contribution in [3.05, 3.63) is 53.8 Å². The largest absolute Gasteiger partial charge is 0.353 e. The summed E-state index contributed by atoms with van der Waals surface area (Å²) in [5.41, 5.74) is 1.31. The number of thiazole rings is 1. The van der Waals surface area contributed by atoms with Crippen molar-refractivity contribution in [2.45, 2.75) is 12.8 Å². The molecule has 5 heteroatoms. The highest BCUT2D eigenvalue weighted by Gasteiger charge is 2.10. The van der Waals surface area contributed by atoms with E-state index < -0.39 is 0 Å². The molecule has 3 nitrogen and oxygen atoms in total. The molecule has 1 aromatic carbocycles. The van der Waals surface area contributed by atoms with Gasteiger partial charge in [0.05, 0.1) is 5.69 Å². The Labute approximate surface area is 121 Å². The predicted octanol–water partition coefficient (Wildman–Crippen LogP) is 3.18. The number of aryl methyl sites for hydroxylation is 1. The molecule has 0 fully saturated rings. The van der Waals surface area contributed by atoms with Crippen LogP contribution in [-0.2, 0) is 11.2 Å². The van der Waals surface area contributed by atoms with Crippen LogP contribution >= 0.6 is 11.3 Å². The van der Waals surface area contributed by atoms with Crippen molar-refractivity contribution >= 4 is 17.2 Å². The molecule has 0 aliphatic heterocycles. The minimum absolute atomic E-state index is 0.0367. The number of hydrogen-bond donors (Lipinski definition) is 1. The SMILES string of the molecule is C=CCNC(=O)CCc1csc(-c2ccccc2F)n1. The van der Waals surface area contributed by atoms with Gasteiger partial charge in [0, 0.05) is 23.9 Å². The van der Waals surface area contributed by atoms with Crippen LogP contribution in [0.2, 0.25) is 0 Å². The van der Waals surface area contributed by atoms with Gasteiger partial charge in [0.2, 0.25) is 5.91 Å². The monoisotopic (exact) mass is 290 g/mol. The Kier molecular flexibility index (Phi) is 5.01. The van der Waals surface area contributed by atoms with Crippen molar-refractivity contribution in [2.75, 3.05) is 6.54 Å². The third kappa shape index (κ3) is 3.74. The minimum Gasteiger partial charge on any atom is -0.353 e. The van der Waals surface area contributed by atoms with E-state index in [1.807, 2.05) is 5.38 Å². The van der Waals surface area contributed by atoms with Crippen molar-refractivity contribution in [1.82, 2.24) is 10.3 Å². The maximum atomic E-state index is 13.6. The summed E-state index contributed by atoms with van der Waals surface area (Å²) in [7, 11) is 0. The molecule has 2 aromatic rings. The number of rotatable bonds is 6. The fourth-order valence-electron chi connectivity index (χ4n) is 1.70. The molecule has 0 unspecified atom stereocenters. The second-order valence-electron chi connectivity index (χ2n) is 4.22. The van der Waals surface area contributed by atoms with Crippen molar-refractivity contribution in [3.8, 4) is 10.6 Å². The summed E-state index contributed by atoms with van der Waals surface area (Å²) in [6, 6.07) is 6.55. The molecule has 1 heterocycles. The number of nitrogens with one attached hydrogen (secondary N) is 1. The molecule has 0 spiro atoms. The van der Waals surface area contributed by atoms with Gasteiger partial charge in [-0.15, -0.1) is 17.9 Å². The quantitative estimate of drug-likeness (QED) is 0.830. The van der Waals surface area contributed by atoms with Crippen LogP contribution in [0.15, 0.2) is 42.3 Å². The average Bonchev–Trinajstić information content (AvgIpc) is 2.92. The molecule has 0 saturated heterocycles. The molecule has 104 valence electrons. The molecule has 0 bridgehead atoms. The van der Waals surface area contributed by atoms with Crippen LogP contribution < -0.4 is 5.32 Å². The molecule has 2 rings (SSSR count). The summed E-state index contributed by atoms with van der Waals surface area (Å²) in [6.45, 7) is 4.00. The first-order valence-corrected chi connectivity index (χ1v) is 7.15. The van der Waals surface area contributed by atoms with Crippen LogP contribution in [0.25, 0.3) is 10.6 Å². The Bertz CT molecular complexity index is 609. The Morgan fingerprint density at radius 1 is 1.45 bits per heavy atom. The molecular formula is C15H15FN2OS. The topological polar surface area (TPSA) is 42.0 Å². The van der Waals surface area contributed by atoms with E-state index in [4.69, 9.17) is 0 Å². The summed E-state index contributed by atoms with van der Waals surface area (Å²) < 4.78 is 13.6. The first-order valence-electron chi connectivity index (χ1n) is 6.27. The van der Waals surface area contributed by atoms with Crippen molar-refractivity contribution < 1.29 is 9.18 Å². The van der Waals surface area contributed by atoms with Gasteiger partial charge >= 0.3 is 0 Å². The fraction of sp³-hybridized carbons (Fsp3) is 0.200. The van der Waals surface area contributed by atoms with Crippen LogP contribution in [0.1, 0.15) is 12.1 Å². The van der Waals surface area contributed by atoms with Crippen molar-refractivity contribution in [1.29, 1.82) is 0 Å². The van der Waals surface area contributed by atoms with Gasteiger partial charge < -0.3 is 5.32 Å². The van der Waals surface area contributed by atoms with E-state index in [0.29, 0.717) is 30.0 Å². The molecule has 0 aliphatic rings. The number of carbonyl (C=O) groups excluding carboxylic acids is 1. The number of carbonyl (C=O) groups is 1. The van der Waals surface area contributed by atoms with Gasteiger partial charge in [-0.2, -0.15) is 0 Å². The van der Waals surface area contributed by atoms with Crippen LogP contribution in [0.4, 0.5) is 4.39 Å². The van der Waals surface area contributed by atoms with E-state index in [2.05, 4.69) is 16.9 Å². The zero-order valence-electron chi connectivity index (χ0n) is 10.9. The molecular weight excluding hydrogens is 275 g/mol. The lowest BCUT2D eigenvalue weighted by Crippen LogP contribution is -2.23. The van der Waals surface area contributed by atoms with E-state index in [1.165, 1.54) is 17.4 Å². The Balaban J connectivity index is 1.98. The van der Waals surface area contributed by atoms with Gasteiger partial charge in [0.15, 0.2) is 0 Å². The third-order valence-electron chi connectivity index (χ3n) is 2.71. The summed E-state index contributed by atoms with van der Waals surface area (Å²) >= 11 is 1.39. The van der Waals surface area contributed by atoms with E-state index in [0.717, 1.165) is 5.69 Å². The average molecular weight is 290 g/mol. The van der Waals surface area contributed by atoms with Crippen LogP contribution in [0.3, 0.4) is 0 Å². The molecule has 1 aromatic heterocycles. The van der Waals surface area contributed by atoms with Crippen molar-refractivity contribution in [2.24, 2.45) is 0 Å². The van der Waals surface area contributed by atoms with E-state index in [9.17, 15) is 9.18 Å². The summed E-state index contributed by atoms with van der Waals surface area (Å²) in [5.74, 6) is -0.317. The van der Waals surface area contributed by atoms with Crippen LogP contribution in [0.5, 0.6) is 0 Å². The number of hydrogen-bond acceptors (Lipinski definition) is 3. The van der Waals surface area contributed by atoms with Crippen LogP contribution in [-0.4, -0.2) is 17.4 Å². The highest BCUT2D eigenvalue weighted by atomic mass is 32.1. The summed E-state index contributed by atoms with van der Waals surface area (Å²) in [6.07, 6.45) is 2.55. The Morgan fingerprint density at radius 2 is 2.25 bits per heavy atom. The lowest BCUT2D eigenvalue weighted by molar-refractivity contribution is -0.120. The predicted molar refractivity (Wildman–Crippen MR) is 79.0 cm³/mol. The molecule has 0 aliphatic carbocycles. The zero-order chi connectivity index (χ0) is 14.4. The summed E-state index contributed by atoms with van der Waals surface area (Å²) in [4.78, 5) is 15.8. The molecule has 0 radical (unpaired) electrons. The van der Waals surface area contributed by atoms with Gasteiger partial charge in [-0.05, 0) is 18.6 Å². The van der Waals surface area contributed by atoms with E-state index in [1.54, 1.807) is 24.3 Å². The zero-order valence-corrected chi connectivity index (χ0v) is 11.8. The van der Waals surface area contributed by atoms with Gasteiger partial charge in [0.1, 0.15) is 10.8 Å². The second kappa shape index (κ2) is 6.96. The van der Waals surface area contributed by atoms with Crippen molar-refractivity contribution in [3.63, 3.8) is 0 Å².